The van der Waals surface area contributed by atoms with E-state index in [0.29, 0.717) is 29.0 Å². The van der Waals surface area contributed by atoms with Crippen LogP contribution in [0.4, 0.5) is 11.4 Å². The third kappa shape index (κ3) is 6.17. The van der Waals surface area contributed by atoms with Crippen LogP contribution in [0.5, 0.6) is 0 Å². The Kier molecular flexibility index (Phi) is 7.01. The van der Waals surface area contributed by atoms with Crippen LogP contribution >= 0.6 is 0 Å². The third-order valence-electron chi connectivity index (χ3n) is 4.60. The summed E-state index contributed by atoms with van der Waals surface area (Å²) in [6.45, 7) is 0.502. The smallest absolute Gasteiger partial charge is 0.253 e. The van der Waals surface area contributed by atoms with E-state index < -0.39 is 5.91 Å². The van der Waals surface area contributed by atoms with Crippen molar-refractivity contribution in [2.75, 3.05) is 24.2 Å². The zero-order valence-corrected chi connectivity index (χ0v) is 17.2. The van der Waals surface area contributed by atoms with E-state index in [2.05, 4.69) is 10.6 Å². The summed E-state index contributed by atoms with van der Waals surface area (Å²) in [6, 6.07) is 23.2. The van der Waals surface area contributed by atoms with Crippen LogP contribution in [0.1, 0.15) is 26.3 Å². The molecule has 0 aliphatic rings. The molecular formula is C24H24N4O3. The number of hydrogen-bond donors (Lipinski definition) is 3. The second kappa shape index (κ2) is 10.1. The maximum Gasteiger partial charge on any atom is 0.253 e. The molecule has 0 saturated heterocycles. The van der Waals surface area contributed by atoms with Crippen molar-refractivity contribution in [3.63, 3.8) is 0 Å². The van der Waals surface area contributed by atoms with Crippen molar-refractivity contribution < 1.29 is 14.4 Å². The maximum atomic E-state index is 12.7. The molecule has 3 aromatic carbocycles. The highest BCUT2D eigenvalue weighted by Crippen LogP contribution is 2.14. The van der Waals surface area contributed by atoms with Crippen molar-refractivity contribution in [1.82, 2.24) is 4.90 Å². The molecule has 31 heavy (non-hydrogen) atoms. The Morgan fingerprint density at radius 2 is 1.48 bits per heavy atom. The van der Waals surface area contributed by atoms with Crippen LogP contribution < -0.4 is 16.4 Å². The van der Waals surface area contributed by atoms with Crippen molar-refractivity contribution in [1.29, 1.82) is 0 Å². The molecule has 0 aromatic heterocycles. The zero-order valence-electron chi connectivity index (χ0n) is 17.2. The number of hydrogen-bond acceptors (Lipinski definition) is 4. The minimum absolute atomic E-state index is 0.00169. The minimum atomic E-state index is -0.562. The summed E-state index contributed by atoms with van der Waals surface area (Å²) in [5.74, 6) is -0.965. The number of nitrogens with one attached hydrogen (secondary N) is 2. The van der Waals surface area contributed by atoms with E-state index in [1.807, 2.05) is 30.3 Å². The lowest BCUT2D eigenvalue weighted by Gasteiger charge is -2.18. The Morgan fingerprint density at radius 1 is 0.839 bits per heavy atom. The lowest BCUT2D eigenvalue weighted by molar-refractivity contribution is -0.114. The van der Waals surface area contributed by atoms with Crippen molar-refractivity contribution in [3.8, 4) is 0 Å². The number of nitrogens with two attached hydrogens (primary N) is 1. The van der Waals surface area contributed by atoms with Gasteiger partial charge in [-0.15, -0.1) is 0 Å². The summed E-state index contributed by atoms with van der Waals surface area (Å²) < 4.78 is 0. The third-order valence-corrected chi connectivity index (χ3v) is 4.60. The molecule has 7 heteroatoms. The summed E-state index contributed by atoms with van der Waals surface area (Å²) in [6.07, 6.45) is 0. The van der Waals surface area contributed by atoms with Crippen molar-refractivity contribution in [2.45, 2.75) is 6.54 Å². The predicted octanol–water partition coefficient (Wildman–Crippen LogP) is 3.11. The van der Waals surface area contributed by atoms with Gasteiger partial charge in [-0.05, 0) is 42.0 Å². The summed E-state index contributed by atoms with van der Waals surface area (Å²) in [5, 5.41) is 5.72. The molecule has 7 nitrogen and oxygen atoms in total. The Morgan fingerprint density at radius 3 is 2.19 bits per heavy atom. The Labute approximate surface area is 180 Å². The highest BCUT2D eigenvalue weighted by atomic mass is 16.2. The first-order valence-electron chi connectivity index (χ1n) is 9.75. The Hall–Kier alpha value is -4.13. The molecule has 3 amide bonds. The van der Waals surface area contributed by atoms with Gasteiger partial charge in [-0.2, -0.15) is 0 Å². The fourth-order valence-electron chi connectivity index (χ4n) is 3.05. The predicted molar refractivity (Wildman–Crippen MR) is 121 cm³/mol. The van der Waals surface area contributed by atoms with Gasteiger partial charge in [-0.3, -0.25) is 14.4 Å². The van der Waals surface area contributed by atoms with E-state index in [4.69, 9.17) is 5.73 Å². The molecule has 0 unspecified atom stereocenters. The second-order valence-corrected chi connectivity index (χ2v) is 7.07. The average molecular weight is 416 g/mol. The lowest BCUT2D eigenvalue weighted by Crippen LogP contribution is -2.26. The number of carbonyl (C=O) groups excluding carboxylic acids is 3. The highest BCUT2D eigenvalue weighted by Gasteiger charge is 2.13. The summed E-state index contributed by atoms with van der Waals surface area (Å²) in [4.78, 5) is 37.9. The van der Waals surface area contributed by atoms with Gasteiger partial charge >= 0.3 is 0 Å². The van der Waals surface area contributed by atoms with E-state index in [1.54, 1.807) is 54.4 Å². The molecule has 0 aliphatic carbocycles. The number of carbonyl (C=O) groups is 3. The van der Waals surface area contributed by atoms with Crippen LogP contribution in [0.2, 0.25) is 0 Å². The van der Waals surface area contributed by atoms with E-state index in [9.17, 15) is 14.4 Å². The summed E-state index contributed by atoms with van der Waals surface area (Å²) in [5.41, 5.74) is 8.28. The van der Waals surface area contributed by atoms with Gasteiger partial charge in [0, 0.05) is 36.1 Å². The van der Waals surface area contributed by atoms with Crippen molar-refractivity contribution in [2.24, 2.45) is 5.73 Å². The standard InChI is InChI=1S/C24H24N4O3/c1-28(16-17-7-3-2-4-8-17)24(31)19-10-6-11-20(14-19)26-15-22(29)27-21-12-5-9-18(13-21)23(25)30/h2-14,26H,15-16H2,1H3,(H2,25,30)(H,27,29). The van der Waals surface area contributed by atoms with Gasteiger partial charge in [0.15, 0.2) is 0 Å². The molecule has 0 spiro atoms. The molecule has 0 bridgehead atoms. The van der Waals surface area contributed by atoms with Gasteiger partial charge in [0.1, 0.15) is 0 Å². The van der Waals surface area contributed by atoms with Gasteiger partial charge in [0.25, 0.3) is 5.91 Å². The van der Waals surface area contributed by atoms with Crippen molar-refractivity contribution in [3.05, 3.63) is 95.6 Å². The number of amides is 3. The molecule has 0 saturated carbocycles. The quantitative estimate of drug-likeness (QED) is 0.525. The highest BCUT2D eigenvalue weighted by molar-refractivity contribution is 5.98. The molecule has 3 rings (SSSR count). The van der Waals surface area contributed by atoms with Gasteiger partial charge in [-0.25, -0.2) is 0 Å². The van der Waals surface area contributed by atoms with Gasteiger partial charge in [-0.1, -0.05) is 42.5 Å². The number of primary amides is 1. The van der Waals surface area contributed by atoms with Crippen LogP contribution in [0.25, 0.3) is 0 Å². The monoisotopic (exact) mass is 416 g/mol. The topological polar surface area (TPSA) is 105 Å². The van der Waals surface area contributed by atoms with Gasteiger partial charge in [0.2, 0.25) is 11.8 Å². The van der Waals surface area contributed by atoms with Crippen LogP contribution in [-0.2, 0) is 11.3 Å². The molecule has 0 radical (unpaired) electrons. The van der Waals surface area contributed by atoms with E-state index in [1.165, 1.54) is 6.07 Å². The fraction of sp³-hybridized carbons (Fsp3) is 0.125. The number of benzene rings is 3. The number of nitrogens with zero attached hydrogens (tertiary/aromatic N) is 1. The van der Waals surface area contributed by atoms with Gasteiger partial charge in [0.05, 0.1) is 6.54 Å². The Bertz CT molecular complexity index is 1080. The van der Waals surface area contributed by atoms with Crippen LogP contribution in [0, 0.1) is 0 Å². The zero-order chi connectivity index (χ0) is 22.2. The number of anilines is 2. The molecule has 0 heterocycles. The molecule has 3 aromatic rings. The van der Waals surface area contributed by atoms with Crippen LogP contribution in [-0.4, -0.2) is 36.2 Å². The molecule has 0 atom stereocenters. The first kappa shape index (κ1) is 21.6. The summed E-state index contributed by atoms with van der Waals surface area (Å²) in [7, 11) is 1.75. The number of rotatable bonds is 8. The normalized spacial score (nSPS) is 10.2. The fourth-order valence-corrected chi connectivity index (χ4v) is 3.05. The van der Waals surface area contributed by atoms with Gasteiger partial charge < -0.3 is 21.3 Å². The molecule has 0 aliphatic heterocycles. The second-order valence-electron chi connectivity index (χ2n) is 7.07. The largest absolute Gasteiger partial charge is 0.376 e. The molecule has 4 N–H and O–H groups in total. The lowest BCUT2D eigenvalue weighted by atomic mass is 10.1. The van der Waals surface area contributed by atoms with E-state index >= 15 is 0 Å². The molecule has 0 fully saturated rings. The van der Waals surface area contributed by atoms with Crippen LogP contribution in [0.15, 0.2) is 78.9 Å². The first-order valence-corrected chi connectivity index (χ1v) is 9.75. The Balaban J connectivity index is 1.57. The van der Waals surface area contributed by atoms with Crippen molar-refractivity contribution >= 4 is 29.1 Å². The maximum absolute atomic E-state index is 12.7. The molecule has 158 valence electrons. The minimum Gasteiger partial charge on any atom is -0.376 e. The van der Waals surface area contributed by atoms with E-state index in [-0.39, 0.29) is 18.4 Å². The molecular weight excluding hydrogens is 392 g/mol. The first-order chi connectivity index (χ1) is 14.9. The average Bonchev–Trinajstić information content (AvgIpc) is 2.78. The van der Waals surface area contributed by atoms with Crippen LogP contribution in [0.3, 0.4) is 0 Å². The SMILES string of the molecule is CN(Cc1ccccc1)C(=O)c1cccc(NCC(=O)Nc2cccc(C(N)=O)c2)c1. The van der Waals surface area contributed by atoms with E-state index in [0.717, 1.165) is 5.56 Å². The summed E-state index contributed by atoms with van der Waals surface area (Å²) >= 11 is 0.